The molecule has 1 N–H and O–H groups in total. The predicted molar refractivity (Wildman–Crippen MR) is 132 cm³/mol. The second-order valence-electron chi connectivity index (χ2n) is 9.38. The minimum Gasteiger partial charge on any atom is -0.493 e. The Morgan fingerprint density at radius 3 is 2.55 bits per heavy atom. The first kappa shape index (κ1) is 24.2. The van der Waals surface area contributed by atoms with Gasteiger partial charge in [-0.3, -0.25) is 4.79 Å². The molecular formula is C27H33N3O3. The maximum absolute atomic E-state index is 12.8. The summed E-state index contributed by atoms with van der Waals surface area (Å²) in [5, 5.41) is 7.63. The Labute approximate surface area is 196 Å². The van der Waals surface area contributed by atoms with Gasteiger partial charge in [-0.25, -0.2) is 4.68 Å². The first-order chi connectivity index (χ1) is 15.8. The average Bonchev–Trinajstić information content (AvgIpc) is 3.22. The van der Waals surface area contributed by atoms with Crippen LogP contribution in [0.5, 0.6) is 5.75 Å². The number of carbonyl (C=O) groups excluding carboxylic acids is 2. The van der Waals surface area contributed by atoms with Gasteiger partial charge in [0, 0.05) is 24.0 Å². The zero-order valence-electron chi connectivity index (χ0n) is 19.9. The maximum Gasteiger partial charge on any atom is 0.228 e. The lowest BCUT2D eigenvalue weighted by molar-refractivity contribution is -0.120. The fourth-order valence-corrected chi connectivity index (χ4v) is 3.48. The molecule has 0 aliphatic heterocycles. The Morgan fingerprint density at radius 2 is 1.88 bits per heavy atom. The molecule has 0 radical (unpaired) electrons. The van der Waals surface area contributed by atoms with Crippen LogP contribution >= 0.6 is 0 Å². The lowest BCUT2D eigenvalue weighted by Crippen LogP contribution is -2.22. The summed E-state index contributed by atoms with van der Waals surface area (Å²) < 4.78 is 7.83. The fraction of sp³-hybridized carbons (Fsp3) is 0.370. The molecule has 0 bridgehead atoms. The van der Waals surface area contributed by atoms with Gasteiger partial charge in [0.2, 0.25) is 5.91 Å². The largest absolute Gasteiger partial charge is 0.493 e. The molecule has 1 amide bonds. The van der Waals surface area contributed by atoms with Crippen LogP contribution in [-0.2, 0) is 9.59 Å². The summed E-state index contributed by atoms with van der Waals surface area (Å²) in [6.07, 6.45) is 2.42. The number of anilines is 1. The van der Waals surface area contributed by atoms with E-state index in [2.05, 4.69) is 31.2 Å². The highest BCUT2D eigenvalue weighted by molar-refractivity contribution is 5.92. The SMILES string of the molecule is CCC(CCC=O)C(=O)Nc1cc(-c2cccc(OCC(C)(C)C)c2)n(-c2ccccc2)n1. The number of rotatable bonds is 10. The number of aldehydes is 1. The van der Waals surface area contributed by atoms with Crippen molar-refractivity contribution in [3.8, 4) is 22.7 Å². The number of hydrogen-bond acceptors (Lipinski definition) is 4. The van der Waals surface area contributed by atoms with E-state index in [0.29, 0.717) is 31.7 Å². The highest BCUT2D eigenvalue weighted by atomic mass is 16.5. The first-order valence-corrected chi connectivity index (χ1v) is 11.4. The second-order valence-corrected chi connectivity index (χ2v) is 9.38. The molecular weight excluding hydrogens is 414 g/mol. The van der Waals surface area contributed by atoms with E-state index in [1.165, 1.54) is 0 Å². The molecule has 1 unspecified atom stereocenters. The van der Waals surface area contributed by atoms with Gasteiger partial charge in [0.1, 0.15) is 12.0 Å². The van der Waals surface area contributed by atoms with Gasteiger partial charge < -0.3 is 14.8 Å². The molecule has 3 aromatic rings. The van der Waals surface area contributed by atoms with Crippen LogP contribution in [0.4, 0.5) is 5.82 Å². The summed E-state index contributed by atoms with van der Waals surface area (Å²) in [6, 6.07) is 19.6. The molecule has 0 fully saturated rings. The summed E-state index contributed by atoms with van der Waals surface area (Å²) in [5.41, 5.74) is 2.73. The summed E-state index contributed by atoms with van der Waals surface area (Å²) in [7, 11) is 0. The second kappa shape index (κ2) is 10.9. The minimum absolute atomic E-state index is 0.0545. The Balaban J connectivity index is 1.93. The van der Waals surface area contributed by atoms with Gasteiger partial charge in [-0.1, -0.05) is 58.0 Å². The maximum atomic E-state index is 12.8. The fourth-order valence-electron chi connectivity index (χ4n) is 3.48. The van der Waals surface area contributed by atoms with Crippen molar-refractivity contribution in [2.75, 3.05) is 11.9 Å². The molecule has 0 saturated heterocycles. The number of amides is 1. The van der Waals surface area contributed by atoms with Crippen molar-refractivity contribution in [1.82, 2.24) is 9.78 Å². The Kier molecular flexibility index (Phi) is 8.04. The normalized spacial score (nSPS) is 12.2. The Hall–Kier alpha value is -3.41. The molecule has 1 aromatic heterocycles. The molecule has 174 valence electrons. The summed E-state index contributed by atoms with van der Waals surface area (Å²) in [6.45, 7) is 8.96. The van der Waals surface area contributed by atoms with E-state index in [0.717, 1.165) is 29.0 Å². The number of hydrogen-bond donors (Lipinski definition) is 1. The quantitative estimate of drug-likeness (QED) is 0.392. The lowest BCUT2D eigenvalue weighted by Gasteiger charge is -2.19. The van der Waals surface area contributed by atoms with Crippen LogP contribution in [0, 0.1) is 11.3 Å². The molecule has 0 spiro atoms. The zero-order chi connectivity index (χ0) is 23.8. The number of benzene rings is 2. The minimum atomic E-state index is -0.227. The van der Waals surface area contributed by atoms with E-state index in [9.17, 15) is 9.59 Å². The van der Waals surface area contributed by atoms with Crippen LogP contribution in [0.1, 0.15) is 47.0 Å². The van der Waals surface area contributed by atoms with E-state index < -0.39 is 0 Å². The zero-order valence-corrected chi connectivity index (χ0v) is 19.9. The molecule has 0 aliphatic rings. The molecule has 1 atom stereocenters. The van der Waals surface area contributed by atoms with Gasteiger partial charge in [0.05, 0.1) is 18.0 Å². The van der Waals surface area contributed by atoms with E-state index in [1.807, 2.05) is 72.3 Å². The molecule has 0 aliphatic carbocycles. The van der Waals surface area contributed by atoms with Gasteiger partial charge in [0.25, 0.3) is 0 Å². The Bertz CT molecular complexity index is 1070. The van der Waals surface area contributed by atoms with Gasteiger partial charge in [-0.15, -0.1) is 5.10 Å². The van der Waals surface area contributed by atoms with E-state index >= 15 is 0 Å². The van der Waals surface area contributed by atoms with Crippen molar-refractivity contribution < 1.29 is 14.3 Å². The van der Waals surface area contributed by atoms with Crippen LogP contribution < -0.4 is 10.1 Å². The third-order valence-electron chi connectivity index (χ3n) is 5.26. The first-order valence-electron chi connectivity index (χ1n) is 11.4. The van der Waals surface area contributed by atoms with Crippen LogP contribution in [0.25, 0.3) is 16.9 Å². The number of aromatic nitrogens is 2. The molecule has 1 heterocycles. The van der Waals surface area contributed by atoms with Crippen LogP contribution in [0.15, 0.2) is 60.7 Å². The van der Waals surface area contributed by atoms with Crippen molar-refractivity contribution in [3.63, 3.8) is 0 Å². The Morgan fingerprint density at radius 1 is 1.12 bits per heavy atom. The number of nitrogens with zero attached hydrogens (tertiary/aromatic N) is 2. The monoisotopic (exact) mass is 447 g/mol. The molecule has 6 nitrogen and oxygen atoms in total. The number of nitrogens with one attached hydrogen (secondary N) is 1. The average molecular weight is 448 g/mol. The third kappa shape index (κ3) is 6.78. The topological polar surface area (TPSA) is 73.2 Å². The van der Waals surface area contributed by atoms with E-state index in [-0.39, 0.29) is 17.2 Å². The van der Waals surface area contributed by atoms with Crippen molar-refractivity contribution in [2.24, 2.45) is 11.3 Å². The lowest BCUT2D eigenvalue weighted by atomic mass is 9.99. The predicted octanol–water partition coefficient (Wildman–Crippen LogP) is 5.91. The number of ether oxygens (including phenoxy) is 1. The third-order valence-corrected chi connectivity index (χ3v) is 5.26. The number of para-hydroxylation sites is 1. The molecule has 2 aromatic carbocycles. The van der Waals surface area contributed by atoms with Gasteiger partial charge in [0.15, 0.2) is 5.82 Å². The smallest absolute Gasteiger partial charge is 0.228 e. The molecule has 0 saturated carbocycles. The van der Waals surface area contributed by atoms with Crippen molar-refractivity contribution >= 4 is 18.0 Å². The highest BCUT2D eigenvalue weighted by Gasteiger charge is 2.19. The summed E-state index contributed by atoms with van der Waals surface area (Å²) in [5.74, 6) is 0.915. The van der Waals surface area contributed by atoms with Crippen LogP contribution in [0.2, 0.25) is 0 Å². The van der Waals surface area contributed by atoms with E-state index in [1.54, 1.807) is 0 Å². The van der Waals surface area contributed by atoms with Crippen molar-refractivity contribution in [1.29, 1.82) is 0 Å². The van der Waals surface area contributed by atoms with Crippen LogP contribution in [0.3, 0.4) is 0 Å². The molecule has 3 rings (SSSR count). The number of carbonyl (C=O) groups is 2. The van der Waals surface area contributed by atoms with Gasteiger partial charge >= 0.3 is 0 Å². The molecule has 33 heavy (non-hydrogen) atoms. The van der Waals surface area contributed by atoms with Gasteiger partial charge in [-0.2, -0.15) is 0 Å². The van der Waals surface area contributed by atoms with Gasteiger partial charge in [-0.05, 0) is 42.5 Å². The standard InChI is InChI=1S/C27H33N3O3/c1-5-20(12-10-16-31)26(32)28-25-18-24(30(29-25)22-13-7-6-8-14-22)21-11-9-15-23(17-21)33-19-27(2,3)4/h6-9,11,13-18,20H,5,10,12,19H2,1-4H3,(H,28,29,32). The summed E-state index contributed by atoms with van der Waals surface area (Å²) >= 11 is 0. The van der Waals surface area contributed by atoms with E-state index in [4.69, 9.17) is 4.74 Å². The molecule has 6 heteroatoms. The van der Waals surface area contributed by atoms with Crippen molar-refractivity contribution in [3.05, 3.63) is 60.7 Å². The highest BCUT2D eigenvalue weighted by Crippen LogP contribution is 2.30. The summed E-state index contributed by atoms with van der Waals surface area (Å²) in [4.78, 5) is 23.5. The van der Waals surface area contributed by atoms with Crippen molar-refractivity contribution in [2.45, 2.75) is 47.0 Å². The van der Waals surface area contributed by atoms with Crippen LogP contribution in [-0.4, -0.2) is 28.6 Å².